The van der Waals surface area contributed by atoms with Crippen LogP contribution in [-0.4, -0.2) is 26.8 Å². The van der Waals surface area contributed by atoms with Crippen LogP contribution in [0.3, 0.4) is 0 Å². The van der Waals surface area contributed by atoms with Gasteiger partial charge in [-0.2, -0.15) is 9.78 Å². The van der Waals surface area contributed by atoms with Gasteiger partial charge < -0.3 is 15.7 Å². The van der Waals surface area contributed by atoms with Crippen LogP contribution in [0.25, 0.3) is 11.3 Å². The molecule has 0 bridgehead atoms. The van der Waals surface area contributed by atoms with Gasteiger partial charge in [0.1, 0.15) is 5.75 Å². The molecule has 0 atom stereocenters. The molecule has 0 spiro atoms. The molecule has 3 aromatic carbocycles. The maximum atomic E-state index is 13.3. The fourth-order valence-electron chi connectivity index (χ4n) is 4.89. The van der Waals surface area contributed by atoms with Gasteiger partial charge in [-0.3, -0.25) is 4.79 Å². The maximum Gasteiger partial charge on any atom is 0.342 e. The minimum Gasteiger partial charge on any atom is -0.507 e. The lowest BCUT2D eigenvalue weighted by atomic mass is 10.0. The topological polar surface area (TPSA) is 96.3 Å². The summed E-state index contributed by atoms with van der Waals surface area (Å²) >= 11 is 0. The zero-order valence-corrected chi connectivity index (χ0v) is 21.7. The number of phenols is 1. The van der Waals surface area contributed by atoms with Crippen molar-refractivity contribution in [2.24, 2.45) is 0 Å². The predicted octanol–water partition coefficient (Wildman–Crippen LogP) is 6.54. The molecule has 1 heterocycles. The number of carbonyl (C=O) groups is 2. The Labute approximate surface area is 222 Å². The Morgan fingerprint density at radius 1 is 0.921 bits per heavy atom. The summed E-state index contributed by atoms with van der Waals surface area (Å²) < 4.78 is 1.44. The highest BCUT2D eigenvalue weighted by Gasteiger charge is 2.26. The van der Waals surface area contributed by atoms with Gasteiger partial charge in [0.15, 0.2) is 0 Å². The molecule has 1 saturated carbocycles. The Balaban J connectivity index is 1.41. The van der Waals surface area contributed by atoms with Crippen molar-refractivity contribution >= 4 is 17.6 Å². The average molecular weight is 509 g/mol. The molecule has 0 unspecified atom stereocenters. The Morgan fingerprint density at radius 2 is 1.58 bits per heavy atom. The summed E-state index contributed by atoms with van der Waals surface area (Å²) in [4.78, 5) is 26.0. The predicted molar refractivity (Wildman–Crippen MR) is 148 cm³/mol. The molecule has 2 amide bonds. The molecule has 1 aliphatic carbocycles. The summed E-state index contributed by atoms with van der Waals surface area (Å²) in [6, 6.07) is 21.8. The number of carbonyl (C=O) groups excluding carboxylic acids is 2. The molecule has 38 heavy (non-hydrogen) atoms. The lowest BCUT2D eigenvalue weighted by molar-refractivity contribution is 0.102. The van der Waals surface area contributed by atoms with Crippen molar-refractivity contribution in [1.82, 2.24) is 15.1 Å². The second-order valence-corrected chi connectivity index (χ2v) is 10.0. The number of hydrogen-bond acceptors (Lipinski definition) is 4. The molecule has 5 rings (SSSR count). The molecule has 7 nitrogen and oxygen atoms in total. The summed E-state index contributed by atoms with van der Waals surface area (Å²) in [5.74, 6) is 0.0169. The summed E-state index contributed by atoms with van der Waals surface area (Å²) in [7, 11) is 0. The molecule has 3 N–H and O–H groups in total. The van der Waals surface area contributed by atoms with E-state index < -0.39 is 0 Å². The van der Waals surface area contributed by atoms with Crippen LogP contribution < -0.4 is 10.6 Å². The largest absolute Gasteiger partial charge is 0.507 e. The van der Waals surface area contributed by atoms with Gasteiger partial charge in [0.05, 0.1) is 11.4 Å². The number of rotatable bonds is 6. The van der Waals surface area contributed by atoms with Gasteiger partial charge in [-0.05, 0) is 68.7 Å². The van der Waals surface area contributed by atoms with Gasteiger partial charge in [0.2, 0.25) is 0 Å². The Hall–Kier alpha value is -4.39. The number of nitrogens with one attached hydrogen (secondary N) is 2. The molecule has 1 fully saturated rings. The van der Waals surface area contributed by atoms with Crippen LogP contribution in [0.1, 0.15) is 64.3 Å². The molecule has 194 valence electrons. The molecule has 1 aliphatic rings. The molecule has 7 heteroatoms. The highest BCUT2D eigenvalue weighted by Crippen LogP contribution is 2.38. The van der Waals surface area contributed by atoms with Crippen molar-refractivity contribution in [1.29, 1.82) is 0 Å². The van der Waals surface area contributed by atoms with Gasteiger partial charge in [0, 0.05) is 29.3 Å². The summed E-state index contributed by atoms with van der Waals surface area (Å²) in [6.07, 6.45) is 4.22. The second kappa shape index (κ2) is 10.9. The standard InChI is InChI=1S/C31H32N4O3/c1-20-7-11-22(12-8-20)19-32-31(38)35-28(23-5-3-4-6-23)18-27(34-35)26-17-25(15-16-29(26)36)33-30(37)24-13-9-21(2)10-14-24/h7-18,23,36H,3-6,19H2,1-2H3,(H,32,38)(H,33,37). The summed E-state index contributed by atoms with van der Waals surface area (Å²) in [6.45, 7) is 4.39. The minimum absolute atomic E-state index is 0.0287. The summed E-state index contributed by atoms with van der Waals surface area (Å²) in [5, 5.41) is 21.2. The van der Waals surface area contributed by atoms with Crippen molar-refractivity contribution in [2.45, 2.75) is 52.0 Å². The van der Waals surface area contributed by atoms with Crippen molar-refractivity contribution < 1.29 is 14.7 Å². The number of phenolic OH excluding ortho intramolecular Hbond substituents is 1. The first-order valence-electron chi connectivity index (χ1n) is 13.0. The second-order valence-electron chi connectivity index (χ2n) is 10.0. The highest BCUT2D eigenvalue weighted by atomic mass is 16.3. The van der Waals surface area contributed by atoms with Gasteiger partial charge >= 0.3 is 6.03 Å². The zero-order valence-electron chi connectivity index (χ0n) is 21.7. The molecule has 0 saturated heterocycles. The highest BCUT2D eigenvalue weighted by molar-refractivity contribution is 6.04. The van der Waals surface area contributed by atoms with Crippen molar-refractivity contribution in [3.63, 3.8) is 0 Å². The Kier molecular flexibility index (Phi) is 7.26. The fraction of sp³-hybridized carbons (Fsp3) is 0.258. The zero-order chi connectivity index (χ0) is 26.6. The first-order chi connectivity index (χ1) is 18.4. The van der Waals surface area contributed by atoms with Crippen LogP contribution in [-0.2, 0) is 6.54 Å². The van der Waals surface area contributed by atoms with Gasteiger partial charge in [0.25, 0.3) is 5.91 Å². The SMILES string of the molecule is Cc1ccc(CNC(=O)n2nc(-c3cc(NC(=O)c4ccc(C)cc4)ccc3O)cc2C2CCCC2)cc1. The van der Waals surface area contributed by atoms with E-state index in [1.165, 1.54) is 10.7 Å². The van der Waals surface area contributed by atoms with Crippen LogP contribution in [0.5, 0.6) is 5.75 Å². The number of hydrogen-bond donors (Lipinski definition) is 3. The molecule has 0 radical (unpaired) electrons. The van der Waals surface area contributed by atoms with E-state index in [0.717, 1.165) is 48.1 Å². The van der Waals surface area contributed by atoms with Crippen LogP contribution in [0, 0.1) is 13.8 Å². The first-order valence-corrected chi connectivity index (χ1v) is 13.0. The lowest BCUT2D eigenvalue weighted by Crippen LogP contribution is -2.30. The van der Waals surface area contributed by atoms with Crippen LogP contribution in [0.4, 0.5) is 10.5 Å². The van der Waals surface area contributed by atoms with Crippen LogP contribution >= 0.6 is 0 Å². The van der Waals surface area contributed by atoms with Crippen molar-refractivity contribution in [3.05, 3.63) is 101 Å². The van der Waals surface area contributed by atoms with Gasteiger partial charge in [-0.15, -0.1) is 0 Å². The smallest absolute Gasteiger partial charge is 0.342 e. The van der Waals surface area contributed by atoms with E-state index in [4.69, 9.17) is 0 Å². The molecular formula is C31H32N4O3. The van der Waals surface area contributed by atoms with E-state index in [2.05, 4.69) is 15.7 Å². The number of benzene rings is 3. The number of aryl methyl sites for hydroxylation is 2. The van der Waals surface area contributed by atoms with Crippen molar-refractivity contribution in [3.8, 4) is 17.0 Å². The van der Waals surface area contributed by atoms with E-state index in [0.29, 0.717) is 29.1 Å². The number of aromatic hydroxyl groups is 1. The third kappa shape index (κ3) is 5.62. The molecule has 0 aliphatic heterocycles. The van der Waals surface area contributed by atoms with E-state index >= 15 is 0 Å². The Morgan fingerprint density at radius 3 is 2.26 bits per heavy atom. The number of anilines is 1. The fourth-order valence-corrected chi connectivity index (χ4v) is 4.89. The van der Waals surface area contributed by atoms with E-state index in [1.54, 1.807) is 24.3 Å². The molecular weight excluding hydrogens is 476 g/mol. The lowest BCUT2D eigenvalue weighted by Gasteiger charge is -2.12. The van der Waals surface area contributed by atoms with E-state index in [-0.39, 0.29) is 23.6 Å². The number of amides is 2. The molecule has 4 aromatic rings. The van der Waals surface area contributed by atoms with Gasteiger partial charge in [-0.25, -0.2) is 4.79 Å². The number of aromatic nitrogens is 2. The normalized spacial score (nSPS) is 13.4. The first kappa shape index (κ1) is 25.3. The average Bonchev–Trinajstić information content (AvgIpc) is 3.60. The third-order valence-electron chi connectivity index (χ3n) is 7.11. The monoisotopic (exact) mass is 508 g/mol. The van der Waals surface area contributed by atoms with E-state index in [1.807, 2.05) is 56.3 Å². The maximum absolute atomic E-state index is 13.3. The molecule has 1 aromatic heterocycles. The van der Waals surface area contributed by atoms with Crippen molar-refractivity contribution in [2.75, 3.05) is 5.32 Å². The number of nitrogens with zero attached hydrogens (tertiary/aromatic N) is 2. The minimum atomic E-state index is -0.304. The summed E-state index contributed by atoms with van der Waals surface area (Å²) in [5.41, 5.74) is 6.10. The van der Waals surface area contributed by atoms with Crippen LogP contribution in [0.2, 0.25) is 0 Å². The van der Waals surface area contributed by atoms with Gasteiger partial charge in [-0.1, -0.05) is 60.4 Å². The van der Waals surface area contributed by atoms with E-state index in [9.17, 15) is 14.7 Å². The Bertz CT molecular complexity index is 1450. The van der Waals surface area contributed by atoms with Crippen LogP contribution in [0.15, 0.2) is 72.8 Å². The quantitative estimate of drug-likeness (QED) is 0.258. The third-order valence-corrected chi connectivity index (χ3v) is 7.11.